The maximum atomic E-state index is 12.5. The molecule has 1 amide bonds. The summed E-state index contributed by atoms with van der Waals surface area (Å²) < 4.78 is 5.25. The van der Waals surface area contributed by atoms with Crippen molar-refractivity contribution in [3.05, 3.63) is 34.4 Å². The summed E-state index contributed by atoms with van der Waals surface area (Å²) in [4.78, 5) is 24.2. The molecule has 0 unspecified atom stereocenters. The zero-order valence-electron chi connectivity index (χ0n) is 14.0. The van der Waals surface area contributed by atoms with Gasteiger partial charge in [0.2, 0.25) is 5.91 Å². The Morgan fingerprint density at radius 2 is 1.61 bits per heavy atom. The fraction of sp³-hybridized carbons (Fsp3) is 0.579. The second-order valence-corrected chi connectivity index (χ2v) is 6.79. The molecule has 0 aliphatic heterocycles. The molecule has 0 heterocycles. The van der Waals surface area contributed by atoms with E-state index in [1.54, 1.807) is 6.92 Å². The van der Waals surface area contributed by atoms with Gasteiger partial charge in [-0.3, -0.25) is 4.79 Å². The van der Waals surface area contributed by atoms with Gasteiger partial charge in [0.15, 0.2) is 0 Å². The van der Waals surface area contributed by atoms with Gasteiger partial charge in [0.25, 0.3) is 0 Å². The van der Waals surface area contributed by atoms with Gasteiger partial charge in [0.05, 0.1) is 6.61 Å². The van der Waals surface area contributed by atoms with Crippen LogP contribution in [0.4, 0.5) is 0 Å². The van der Waals surface area contributed by atoms with E-state index < -0.39 is 5.54 Å². The lowest BCUT2D eigenvalue weighted by molar-refractivity contribution is -0.152. The van der Waals surface area contributed by atoms with Crippen LogP contribution in [-0.2, 0) is 40.0 Å². The third kappa shape index (κ3) is 3.12. The molecular formula is C19H25NO3. The maximum absolute atomic E-state index is 12.5. The first kappa shape index (κ1) is 16.0. The zero-order chi connectivity index (χ0) is 16.4. The molecule has 1 N–H and O–H groups in total. The SMILES string of the molecule is CCOC(=O)C1(NC(C)=O)Cc2cc3c(cc2C1)CCCCC3. The van der Waals surface area contributed by atoms with Crippen molar-refractivity contribution in [3.8, 4) is 0 Å². The standard InChI is InChI=1S/C19H25NO3/c1-3-23-18(22)19(20-13(2)21)11-16-9-14-7-5-4-6-8-15(14)10-17(16)12-19/h9-10H,3-8,11-12H2,1-2H3,(H,20,21). The number of amides is 1. The first-order chi connectivity index (χ1) is 11.0. The molecule has 0 atom stereocenters. The highest BCUT2D eigenvalue weighted by atomic mass is 16.5. The zero-order valence-corrected chi connectivity index (χ0v) is 14.0. The Kier molecular flexibility index (Phi) is 4.42. The summed E-state index contributed by atoms with van der Waals surface area (Å²) >= 11 is 0. The molecule has 23 heavy (non-hydrogen) atoms. The van der Waals surface area contributed by atoms with E-state index in [4.69, 9.17) is 4.74 Å². The van der Waals surface area contributed by atoms with Crippen molar-refractivity contribution in [2.75, 3.05) is 6.61 Å². The van der Waals surface area contributed by atoms with Gasteiger partial charge in [0, 0.05) is 19.8 Å². The number of carbonyl (C=O) groups is 2. The van der Waals surface area contributed by atoms with Crippen LogP contribution in [0.1, 0.15) is 55.4 Å². The summed E-state index contributed by atoms with van der Waals surface area (Å²) in [7, 11) is 0. The van der Waals surface area contributed by atoms with Crippen molar-refractivity contribution < 1.29 is 14.3 Å². The van der Waals surface area contributed by atoms with E-state index in [-0.39, 0.29) is 11.9 Å². The van der Waals surface area contributed by atoms with Crippen LogP contribution in [0.2, 0.25) is 0 Å². The minimum Gasteiger partial charge on any atom is -0.464 e. The normalized spacial score (nSPS) is 18.5. The largest absolute Gasteiger partial charge is 0.464 e. The average molecular weight is 315 g/mol. The molecule has 0 aromatic heterocycles. The smallest absolute Gasteiger partial charge is 0.332 e. The van der Waals surface area contributed by atoms with Crippen LogP contribution in [0.25, 0.3) is 0 Å². The van der Waals surface area contributed by atoms with Gasteiger partial charge in [-0.25, -0.2) is 4.79 Å². The van der Waals surface area contributed by atoms with Gasteiger partial charge in [-0.05, 0) is 54.9 Å². The maximum Gasteiger partial charge on any atom is 0.332 e. The number of hydrogen-bond acceptors (Lipinski definition) is 3. The molecule has 0 radical (unpaired) electrons. The van der Waals surface area contributed by atoms with Crippen LogP contribution in [0.5, 0.6) is 0 Å². The third-order valence-electron chi connectivity index (χ3n) is 4.98. The van der Waals surface area contributed by atoms with Crippen LogP contribution in [0.15, 0.2) is 12.1 Å². The molecule has 2 aliphatic carbocycles. The molecule has 0 fully saturated rings. The molecule has 0 saturated heterocycles. The summed E-state index contributed by atoms with van der Waals surface area (Å²) in [6.45, 7) is 3.58. The van der Waals surface area contributed by atoms with Gasteiger partial charge < -0.3 is 10.1 Å². The van der Waals surface area contributed by atoms with Crippen LogP contribution >= 0.6 is 0 Å². The molecule has 4 nitrogen and oxygen atoms in total. The predicted octanol–water partition coefficient (Wildman–Crippen LogP) is 2.49. The number of esters is 1. The van der Waals surface area contributed by atoms with Crippen molar-refractivity contribution >= 4 is 11.9 Å². The van der Waals surface area contributed by atoms with E-state index in [2.05, 4.69) is 17.4 Å². The van der Waals surface area contributed by atoms with E-state index in [9.17, 15) is 9.59 Å². The fourth-order valence-corrected chi connectivity index (χ4v) is 4.00. The van der Waals surface area contributed by atoms with Crippen LogP contribution in [0, 0.1) is 0 Å². The van der Waals surface area contributed by atoms with Crippen molar-refractivity contribution in [1.82, 2.24) is 5.32 Å². The molecule has 124 valence electrons. The van der Waals surface area contributed by atoms with Gasteiger partial charge in [-0.15, -0.1) is 0 Å². The number of benzene rings is 1. The van der Waals surface area contributed by atoms with Crippen LogP contribution in [-0.4, -0.2) is 24.0 Å². The van der Waals surface area contributed by atoms with Gasteiger partial charge in [-0.1, -0.05) is 18.6 Å². The molecule has 1 aromatic rings. The van der Waals surface area contributed by atoms with E-state index >= 15 is 0 Å². The first-order valence-electron chi connectivity index (χ1n) is 8.63. The van der Waals surface area contributed by atoms with Crippen molar-refractivity contribution in [2.24, 2.45) is 0 Å². The lowest BCUT2D eigenvalue weighted by Crippen LogP contribution is -2.55. The van der Waals surface area contributed by atoms with Crippen LogP contribution in [0.3, 0.4) is 0 Å². The van der Waals surface area contributed by atoms with E-state index in [1.807, 2.05) is 0 Å². The molecule has 0 spiro atoms. The molecule has 3 rings (SSSR count). The Morgan fingerprint density at radius 3 is 2.09 bits per heavy atom. The topological polar surface area (TPSA) is 55.4 Å². The number of carbonyl (C=O) groups excluding carboxylic acids is 2. The fourth-order valence-electron chi connectivity index (χ4n) is 4.00. The van der Waals surface area contributed by atoms with Gasteiger partial charge in [0.1, 0.15) is 5.54 Å². The second-order valence-electron chi connectivity index (χ2n) is 6.79. The minimum absolute atomic E-state index is 0.188. The number of rotatable bonds is 3. The number of hydrogen-bond donors (Lipinski definition) is 1. The highest BCUT2D eigenvalue weighted by Crippen LogP contribution is 2.35. The molecular weight excluding hydrogens is 290 g/mol. The quantitative estimate of drug-likeness (QED) is 0.689. The van der Waals surface area contributed by atoms with E-state index in [0.29, 0.717) is 19.4 Å². The molecule has 2 aliphatic rings. The highest BCUT2D eigenvalue weighted by Gasteiger charge is 2.46. The number of ether oxygens (including phenoxy) is 1. The predicted molar refractivity (Wildman–Crippen MR) is 88.3 cm³/mol. The molecule has 0 saturated carbocycles. The van der Waals surface area contributed by atoms with Crippen LogP contribution < -0.4 is 5.32 Å². The van der Waals surface area contributed by atoms with Crippen molar-refractivity contribution in [2.45, 2.75) is 64.3 Å². The molecule has 1 aromatic carbocycles. The number of aryl methyl sites for hydroxylation is 2. The van der Waals surface area contributed by atoms with Crippen molar-refractivity contribution in [1.29, 1.82) is 0 Å². The second kappa shape index (κ2) is 6.34. The lowest BCUT2D eigenvalue weighted by Gasteiger charge is -2.27. The molecule has 4 heteroatoms. The number of nitrogens with one attached hydrogen (secondary N) is 1. The third-order valence-corrected chi connectivity index (χ3v) is 4.98. The summed E-state index contributed by atoms with van der Waals surface area (Å²) in [5, 5.41) is 2.88. The summed E-state index contributed by atoms with van der Waals surface area (Å²) in [5.74, 6) is -0.506. The Labute approximate surface area is 137 Å². The lowest BCUT2D eigenvalue weighted by atomic mass is 9.95. The molecule has 0 bridgehead atoms. The van der Waals surface area contributed by atoms with Crippen molar-refractivity contribution in [3.63, 3.8) is 0 Å². The first-order valence-corrected chi connectivity index (χ1v) is 8.63. The monoisotopic (exact) mass is 315 g/mol. The minimum atomic E-state index is -0.926. The average Bonchev–Trinajstić information content (AvgIpc) is 2.68. The summed E-state index contributed by atoms with van der Waals surface area (Å²) in [6.07, 6.45) is 7.07. The Hall–Kier alpha value is -1.84. The highest BCUT2D eigenvalue weighted by molar-refractivity contribution is 5.89. The Morgan fingerprint density at radius 1 is 1.04 bits per heavy atom. The summed E-state index contributed by atoms with van der Waals surface area (Å²) in [5.41, 5.74) is 4.29. The van der Waals surface area contributed by atoms with Gasteiger partial charge in [-0.2, -0.15) is 0 Å². The number of fused-ring (bicyclic) bond motifs is 2. The van der Waals surface area contributed by atoms with E-state index in [1.165, 1.54) is 48.4 Å². The summed E-state index contributed by atoms with van der Waals surface area (Å²) in [6, 6.07) is 4.53. The van der Waals surface area contributed by atoms with Gasteiger partial charge >= 0.3 is 5.97 Å². The Bertz CT molecular complexity index is 601. The Balaban J connectivity index is 1.94. The van der Waals surface area contributed by atoms with E-state index in [0.717, 1.165) is 12.8 Å².